The van der Waals surface area contributed by atoms with Crippen molar-refractivity contribution in [2.24, 2.45) is 0 Å². The number of rotatable bonds is 55. The van der Waals surface area contributed by atoms with Crippen LogP contribution in [0.25, 0.3) is 0 Å². The molecule has 0 heterocycles. The van der Waals surface area contributed by atoms with E-state index in [9.17, 15) is 68.6 Å². The molecule has 0 aromatic heterocycles. The number of phosphoric acid groups is 1. The Morgan fingerprint density at radius 2 is 0.838 bits per heavy atom. The maximum atomic E-state index is 13.1. The first-order valence-electron chi connectivity index (χ1n) is 27.3. The molecule has 74 heavy (non-hydrogen) atoms. The van der Waals surface area contributed by atoms with Crippen LogP contribution in [0.2, 0.25) is 0 Å². The van der Waals surface area contributed by atoms with Crippen LogP contribution in [-0.4, -0.2) is 178 Å². The third-order valence-corrected chi connectivity index (χ3v) is 13.2. The number of nitrogens with one attached hydrogen (secondary N) is 1. The lowest BCUT2D eigenvalue weighted by Crippen LogP contribution is -2.57. The largest absolute Gasteiger partial charge is 0.480 e. The number of phosphoric ester groups is 1. The number of hydrogen-bond donors (Lipinski definition) is 7. The SMILES string of the molecule is CCCCCCCCCCCCCCCC(=O)OC[C@H](COP(=O)(O)OCCNC(CN(CCN(CC(=O)O)CC(=O)O)CC(=O)O)N(CC(=O)O)CC(=O)O)OC(=O)CCCCCCCCCCCCCCC. The van der Waals surface area contributed by atoms with Gasteiger partial charge < -0.3 is 39.9 Å². The summed E-state index contributed by atoms with van der Waals surface area (Å²) in [4.78, 5) is 97.4. The molecule has 0 aliphatic heterocycles. The summed E-state index contributed by atoms with van der Waals surface area (Å²) in [6.07, 6.45) is 27.2. The van der Waals surface area contributed by atoms with Gasteiger partial charge in [0.2, 0.25) is 0 Å². The number of carbonyl (C=O) groups excluding carboxylic acids is 2. The van der Waals surface area contributed by atoms with E-state index in [-0.39, 0.29) is 32.5 Å². The lowest BCUT2D eigenvalue weighted by Gasteiger charge is -2.34. The van der Waals surface area contributed by atoms with Crippen molar-refractivity contribution in [2.45, 2.75) is 206 Å². The smallest absolute Gasteiger partial charge is 0.472 e. The molecule has 0 fully saturated rings. The third-order valence-electron chi connectivity index (χ3n) is 12.2. The Kier molecular flexibility index (Phi) is 44.2. The molecule has 0 aliphatic carbocycles. The van der Waals surface area contributed by atoms with Crippen LogP contribution in [0, 0.1) is 0 Å². The Bertz CT molecular complexity index is 1550. The summed E-state index contributed by atoms with van der Waals surface area (Å²) in [5.74, 6) is -8.04. The number of unbranched alkanes of at least 4 members (excludes halogenated alkanes) is 24. The summed E-state index contributed by atoms with van der Waals surface area (Å²) in [7, 11) is -4.92. The van der Waals surface area contributed by atoms with E-state index in [0.29, 0.717) is 12.8 Å². The lowest BCUT2D eigenvalue weighted by molar-refractivity contribution is -0.161. The van der Waals surface area contributed by atoms with Gasteiger partial charge in [-0.05, 0) is 12.8 Å². The van der Waals surface area contributed by atoms with Crippen molar-refractivity contribution in [3.8, 4) is 0 Å². The fraction of sp³-hybridized carbons (Fsp3) is 0.863. The quantitative estimate of drug-likeness (QED) is 0.0132. The molecule has 23 heteroatoms. The second-order valence-electron chi connectivity index (χ2n) is 19.2. The molecule has 0 radical (unpaired) electrons. The van der Waals surface area contributed by atoms with Gasteiger partial charge in [0.1, 0.15) is 6.61 Å². The molecule has 7 N–H and O–H groups in total. The third kappa shape index (κ3) is 45.6. The fourth-order valence-electron chi connectivity index (χ4n) is 8.28. The summed E-state index contributed by atoms with van der Waals surface area (Å²) in [6, 6.07) is 0. The predicted octanol–water partition coefficient (Wildman–Crippen LogP) is 7.78. The van der Waals surface area contributed by atoms with Gasteiger partial charge in [-0.25, -0.2) is 4.57 Å². The summed E-state index contributed by atoms with van der Waals surface area (Å²) >= 11 is 0. The van der Waals surface area contributed by atoms with Gasteiger partial charge in [-0.2, -0.15) is 0 Å². The van der Waals surface area contributed by atoms with Gasteiger partial charge in [-0.15, -0.1) is 0 Å². The summed E-state index contributed by atoms with van der Waals surface area (Å²) in [5.41, 5.74) is 0. The first-order valence-corrected chi connectivity index (χ1v) is 28.8. The second-order valence-corrected chi connectivity index (χ2v) is 20.6. The van der Waals surface area contributed by atoms with E-state index in [1.165, 1.54) is 108 Å². The van der Waals surface area contributed by atoms with Crippen molar-refractivity contribution in [3.63, 3.8) is 0 Å². The van der Waals surface area contributed by atoms with Crippen molar-refractivity contribution in [2.75, 3.05) is 78.7 Å². The van der Waals surface area contributed by atoms with Gasteiger partial charge in [0.25, 0.3) is 0 Å². The van der Waals surface area contributed by atoms with Crippen LogP contribution in [0.5, 0.6) is 0 Å². The predicted molar refractivity (Wildman–Crippen MR) is 278 cm³/mol. The van der Waals surface area contributed by atoms with Crippen LogP contribution in [0.1, 0.15) is 194 Å². The van der Waals surface area contributed by atoms with Crippen molar-refractivity contribution in [3.05, 3.63) is 0 Å². The summed E-state index contributed by atoms with van der Waals surface area (Å²) in [6.45, 7) is -2.30. The number of esters is 2. The number of nitrogens with zero attached hydrogens (tertiary/aromatic N) is 3. The van der Waals surface area contributed by atoms with Gasteiger partial charge in [0.15, 0.2) is 6.10 Å². The number of carboxylic acids is 5. The highest BCUT2D eigenvalue weighted by atomic mass is 31.2. The van der Waals surface area contributed by atoms with Gasteiger partial charge in [-0.3, -0.25) is 62.6 Å². The average Bonchev–Trinajstić information content (AvgIpc) is 3.31. The highest BCUT2D eigenvalue weighted by Crippen LogP contribution is 2.43. The maximum Gasteiger partial charge on any atom is 0.472 e. The molecule has 0 spiro atoms. The van der Waals surface area contributed by atoms with Crippen LogP contribution in [-0.2, 0) is 56.6 Å². The molecule has 0 saturated carbocycles. The maximum absolute atomic E-state index is 13.1. The standard InChI is InChI=1S/C51H95N4O18P/c1-3-5-7-9-11-13-15-17-19-21-23-25-27-29-50(66)70-41-43(73-51(67)30-28-26-24-22-20-18-16-14-12-10-8-6-4-2)42-72-74(68,69)71-34-31-52-44(55(39-48(62)63)40-49(64)65)35-53(36-45(56)57)32-33-54(37-46(58)59)38-47(60)61/h43-44,52H,3-42H2,1-2H3,(H,56,57)(H,58,59)(H,60,61)(H,62,63)(H,64,65)(H,68,69)/t43-,44?/m1/s1. The number of carbonyl (C=O) groups is 7. The molecule has 0 bridgehead atoms. The molecular formula is C51H95N4O18P. The molecule has 0 aromatic rings. The van der Waals surface area contributed by atoms with E-state index in [0.717, 1.165) is 61.2 Å². The Morgan fingerprint density at radius 1 is 0.473 bits per heavy atom. The zero-order valence-corrected chi connectivity index (χ0v) is 45.7. The highest BCUT2D eigenvalue weighted by Gasteiger charge is 2.29. The van der Waals surface area contributed by atoms with E-state index in [1.807, 2.05) is 0 Å². The van der Waals surface area contributed by atoms with Crippen LogP contribution < -0.4 is 5.32 Å². The first-order chi connectivity index (χ1) is 35.4. The van der Waals surface area contributed by atoms with E-state index in [1.54, 1.807) is 0 Å². The summed E-state index contributed by atoms with van der Waals surface area (Å²) < 4.78 is 34.3. The molecule has 2 unspecified atom stereocenters. The Balaban J connectivity index is 5.52. The second kappa shape index (κ2) is 46.5. The van der Waals surface area contributed by atoms with Crippen molar-refractivity contribution >= 4 is 49.6 Å². The first kappa shape index (κ1) is 70.2. The molecule has 0 rings (SSSR count). The minimum Gasteiger partial charge on any atom is -0.480 e. The van der Waals surface area contributed by atoms with Crippen LogP contribution in [0.4, 0.5) is 0 Å². The monoisotopic (exact) mass is 1080 g/mol. The van der Waals surface area contributed by atoms with Crippen LogP contribution in [0.15, 0.2) is 0 Å². The number of hydrogen-bond acceptors (Lipinski definition) is 16. The van der Waals surface area contributed by atoms with E-state index >= 15 is 0 Å². The van der Waals surface area contributed by atoms with E-state index in [2.05, 4.69) is 19.2 Å². The normalized spacial score (nSPS) is 13.2. The molecule has 0 amide bonds. The van der Waals surface area contributed by atoms with Crippen LogP contribution in [0.3, 0.4) is 0 Å². The van der Waals surface area contributed by atoms with Crippen molar-refractivity contribution in [1.82, 2.24) is 20.0 Å². The topological polar surface area (TPSA) is 317 Å². The van der Waals surface area contributed by atoms with Gasteiger partial charge in [0, 0.05) is 39.0 Å². The van der Waals surface area contributed by atoms with Crippen LogP contribution >= 0.6 is 7.82 Å². The van der Waals surface area contributed by atoms with E-state index in [4.69, 9.17) is 18.5 Å². The van der Waals surface area contributed by atoms with Crippen molar-refractivity contribution < 1.29 is 87.1 Å². The Labute approximate surface area is 440 Å². The summed E-state index contributed by atoms with van der Waals surface area (Å²) in [5, 5.41) is 49.9. The van der Waals surface area contributed by atoms with E-state index < -0.39 is 121 Å². The van der Waals surface area contributed by atoms with Gasteiger partial charge in [-0.1, -0.05) is 168 Å². The fourth-order valence-corrected chi connectivity index (χ4v) is 9.03. The number of carboxylic acid groups (broad SMARTS) is 5. The average molecular weight is 1080 g/mol. The zero-order chi connectivity index (χ0) is 55.2. The molecule has 0 saturated heterocycles. The van der Waals surface area contributed by atoms with Gasteiger partial charge in [0.05, 0.1) is 52.1 Å². The molecular weight excluding hydrogens is 988 g/mol. The van der Waals surface area contributed by atoms with Crippen molar-refractivity contribution in [1.29, 1.82) is 0 Å². The molecule has 3 atom stereocenters. The molecule has 0 aliphatic rings. The Morgan fingerprint density at radius 3 is 1.24 bits per heavy atom. The number of aliphatic carboxylic acids is 5. The van der Waals surface area contributed by atoms with Gasteiger partial charge >= 0.3 is 49.6 Å². The molecule has 0 aromatic carbocycles. The molecule has 22 nitrogen and oxygen atoms in total. The minimum absolute atomic E-state index is 0.0783. The minimum atomic E-state index is -4.92. The highest BCUT2D eigenvalue weighted by molar-refractivity contribution is 7.47. The molecule has 432 valence electrons. The lowest BCUT2D eigenvalue weighted by atomic mass is 10.0. The number of ether oxygens (including phenoxy) is 2. The Hall–Kier alpha value is -3.76. The zero-order valence-electron chi connectivity index (χ0n) is 44.8.